The van der Waals surface area contributed by atoms with Crippen LogP contribution in [0.5, 0.6) is 5.75 Å². The molecule has 0 aliphatic heterocycles. The Labute approximate surface area is 254 Å². The molecule has 0 saturated carbocycles. The van der Waals surface area contributed by atoms with Gasteiger partial charge in [0.2, 0.25) is 5.91 Å². The quantitative estimate of drug-likeness (QED) is 0.0992. The van der Waals surface area contributed by atoms with Crippen molar-refractivity contribution in [1.29, 1.82) is 0 Å². The summed E-state index contributed by atoms with van der Waals surface area (Å²) >= 11 is 1.34. The van der Waals surface area contributed by atoms with Gasteiger partial charge >= 0.3 is 0 Å². The SMILES string of the molecule is CCOc1ccc(/C=C(\NC(=O)c2ccccc2)C(=O)Nc2ccc(SCC(=O)Nc3ccc(C(C)=O)cc3)cc2)cc1. The Morgan fingerprint density at radius 1 is 0.744 bits per heavy atom. The summed E-state index contributed by atoms with van der Waals surface area (Å²) in [7, 11) is 0. The van der Waals surface area contributed by atoms with Crippen molar-refractivity contribution in [2.45, 2.75) is 18.7 Å². The number of nitrogens with one attached hydrogen (secondary N) is 3. The van der Waals surface area contributed by atoms with E-state index in [4.69, 9.17) is 4.74 Å². The first-order valence-corrected chi connectivity index (χ1v) is 14.6. The molecule has 0 atom stereocenters. The Balaban J connectivity index is 1.39. The Bertz CT molecular complexity index is 1600. The number of carbonyl (C=O) groups excluding carboxylic acids is 4. The Kier molecular flexibility index (Phi) is 10.9. The highest BCUT2D eigenvalue weighted by Gasteiger charge is 2.15. The van der Waals surface area contributed by atoms with E-state index < -0.39 is 11.8 Å². The number of ether oxygens (including phenoxy) is 1. The summed E-state index contributed by atoms with van der Waals surface area (Å²) in [4.78, 5) is 50.8. The summed E-state index contributed by atoms with van der Waals surface area (Å²) in [5, 5.41) is 8.37. The molecule has 0 bridgehead atoms. The fraction of sp³-hybridized carbons (Fsp3) is 0.118. The van der Waals surface area contributed by atoms with E-state index in [-0.39, 0.29) is 23.1 Å². The van der Waals surface area contributed by atoms with Gasteiger partial charge in [-0.3, -0.25) is 19.2 Å². The van der Waals surface area contributed by atoms with E-state index >= 15 is 0 Å². The van der Waals surface area contributed by atoms with Crippen LogP contribution in [0.25, 0.3) is 6.08 Å². The molecular weight excluding hydrogens is 562 g/mol. The Morgan fingerprint density at radius 3 is 2.00 bits per heavy atom. The highest BCUT2D eigenvalue weighted by molar-refractivity contribution is 8.00. The number of benzene rings is 4. The van der Waals surface area contributed by atoms with Gasteiger partial charge in [0.05, 0.1) is 12.4 Å². The minimum Gasteiger partial charge on any atom is -0.494 e. The summed E-state index contributed by atoms with van der Waals surface area (Å²) < 4.78 is 5.49. The van der Waals surface area contributed by atoms with Crippen molar-refractivity contribution in [3.8, 4) is 5.75 Å². The van der Waals surface area contributed by atoms with Gasteiger partial charge < -0.3 is 20.7 Å². The van der Waals surface area contributed by atoms with Crippen LogP contribution >= 0.6 is 11.8 Å². The first-order valence-electron chi connectivity index (χ1n) is 13.6. The molecule has 3 amide bonds. The van der Waals surface area contributed by atoms with Crippen LogP contribution in [0.1, 0.15) is 40.1 Å². The fourth-order valence-electron chi connectivity index (χ4n) is 3.90. The lowest BCUT2D eigenvalue weighted by Crippen LogP contribution is -2.30. The highest BCUT2D eigenvalue weighted by Crippen LogP contribution is 2.22. The van der Waals surface area contributed by atoms with Crippen LogP contribution in [0.3, 0.4) is 0 Å². The molecule has 4 aromatic carbocycles. The van der Waals surface area contributed by atoms with Gasteiger partial charge in [-0.15, -0.1) is 11.8 Å². The number of amides is 3. The third kappa shape index (κ3) is 9.44. The Morgan fingerprint density at radius 2 is 1.37 bits per heavy atom. The molecule has 3 N–H and O–H groups in total. The fourth-order valence-corrected chi connectivity index (χ4v) is 4.60. The second-order valence-corrected chi connectivity index (χ2v) is 10.4. The van der Waals surface area contributed by atoms with Gasteiger partial charge in [-0.1, -0.05) is 30.3 Å². The van der Waals surface area contributed by atoms with Crippen LogP contribution < -0.4 is 20.7 Å². The second-order valence-electron chi connectivity index (χ2n) is 9.33. The maximum absolute atomic E-state index is 13.3. The van der Waals surface area contributed by atoms with Crippen molar-refractivity contribution < 1.29 is 23.9 Å². The van der Waals surface area contributed by atoms with E-state index in [1.54, 1.807) is 103 Å². The molecular formula is C34H31N3O5S. The molecule has 0 aliphatic carbocycles. The van der Waals surface area contributed by atoms with Crippen molar-refractivity contribution in [3.05, 3.63) is 126 Å². The lowest BCUT2D eigenvalue weighted by atomic mass is 10.1. The first kappa shape index (κ1) is 30.8. The van der Waals surface area contributed by atoms with Gasteiger partial charge in [0, 0.05) is 27.4 Å². The lowest BCUT2D eigenvalue weighted by Gasteiger charge is -2.12. The molecule has 0 fully saturated rings. The minimum atomic E-state index is -0.492. The lowest BCUT2D eigenvalue weighted by molar-refractivity contribution is -0.114. The third-order valence-electron chi connectivity index (χ3n) is 6.09. The van der Waals surface area contributed by atoms with E-state index in [9.17, 15) is 19.2 Å². The molecule has 0 radical (unpaired) electrons. The molecule has 8 nitrogen and oxygen atoms in total. The highest BCUT2D eigenvalue weighted by atomic mass is 32.2. The smallest absolute Gasteiger partial charge is 0.272 e. The molecule has 4 rings (SSSR count). The van der Waals surface area contributed by atoms with Crippen molar-refractivity contribution in [2.24, 2.45) is 0 Å². The maximum Gasteiger partial charge on any atom is 0.272 e. The van der Waals surface area contributed by atoms with E-state index in [1.165, 1.54) is 18.7 Å². The molecule has 4 aromatic rings. The number of hydrogen-bond acceptors (Lipinski definition) is 6. The number of rotatable bonds is 12. The van der Waals surface area contributed by atoms with Crippen LogP contribution in [0.15, 0.2) is 114 Å². The molecule has 43 heavy (non-hydrogen) atoms. The second kappa shape index (κ2) is 15.2. The summed E-state index contributed by atoms with van der Waals surface area (Å²) in [5.74, 6) is -0.235. The average Bonchev–Trinajstić information content (AvgIpc) is 3.02. The molecule has 0 aromatic heterocycles. The number of carbonyl (C=O) groups is 4. The van der Waals surface area contributed by atoms with Gasteiger partial charge in [0.1, 0.15) is 11.4 Å². The van der Waals surface area contributed by atoms with E-state index in [0.29, 0.717) is 40.4 Å². The zero-order valence-corrected chi connectivity index (χ0v) is 24.6. The predicted molar refractivity (Wildman–Crippen MR) is 170 cm³/mol. The van der Waals surface area contributed by atoms with Gasteiger partial charge in [-0.05, 0) is 98.3 Å². The van der Waals surface area contributed by atoms with Gasteiger partial charge in [0.25, 0.3) is 11.8 Å². The van der Waals surface area contributed by atoms with E-state index in [0.717, 1.165) is 4.90 Å². The zero-order chi connectivity index (χ0) is 30.6. The van der Waals surface area contributed by atoms with Gasteiger partial charge in [-0.25, -0.2) is 0 Å². The van der Waals surface area contributed by atoms with Crippen LogP contribution in [0, 0.1) is 0 Å². The summed E-state index contributed by atoms with van der Waals surface area (Å²) in [6, 6.07) is 29.6. The standard InChI is InChI=1S/C34H31N3O5S/c1-3-42-29-17-9-24(10-18-29)21-31(37-33(40)26-7-5-4-6-8-26)34(41)36-28-15-19-30(20-16-28)43-22-32(39)35-27-13-11-25(12-14-27)23(2)38/h4-21H,3,22H2,1-2H3,(H,35,39)(H,36,41)(H,37,40)/b31-21-. The molecule has 0 saturated heterocycles. The summed E-state index contributed by atoms with van der Waals surface area (Å²) in [6.07, 6.45) is 1.60. The third-order valence-corrected chi connectivity index (χ3v) is 7.10. The average molecular weight is 594 g/mol. The number of ketones is 1. The van der Waals surface area contributed by atoms with Crippen molar-refractivity contribution in [2.75, 3.05) is 23.0 Å². The predicted octanol–water partition coefficient (Wildman–Crippen LogP) is 6.43. The molecule has 9 heteroatoms. The summed E-state index contributed by atoms with van der Waals surface area (Å²) in [6.45, 7) is 3.93. The molecule has 0 heterocycles. The van der Waals surface area contributed by atoms with E-state index in [1.807, 2.05) is 13.0 Å². The first-order chi connectivity index (χ1) is 20.8. The summed E-state index contributed by atoms with van der Waals surface area (Å²) in [5.41, 5.74) is 2.92. The van der Waals surface area contributed by atoms with E-state index in [2.05, 4.69) is 16.0 Å². The van der Waals surface area contributed by atoms with Crippen molar-refractivity contribution in [1.82, 2.24) is 5.32 Å². The number of anilines is 2. The largest absolute Gasteiger partial charge is 0.494 e. The number of hydrogen-bond donors (Lipinski definition) is 3. The van der Waals surface area contributed by atoms with Gasteiger partial charge in [-0.2, -0.15) is 0 Å². The molecule has 218 valence electrons. The normalized spacial score (nSPS) is 10.9. The number of thioether (sulfide) groups is 1. The van der Waals surface area contributed by atoms with Gasteiger partial charge in [0.15, 0.2) is 5.78 Å². The Hall–Kier alpha value is -5.15. The minimum absolute atomic E-state index is 0.0371. The van der Waals surface area contributed by atoms with Crippen LogP contribution in [-0.2, 0) is 9.59 Å². The molecule has 0 spiro atoms. The molecule has 0 aliphatic rings. The van der Waals surface area contributed by atoms with Crippen LogP contribution in [0.2, 0.25) is 0 Å². The van der Waals surface area contributed by atoms with Crippen molar-refractivity contribution in [3.63, 3.8) is 0 Å². The monoisotopic (exact) mass is 593 g/mol. The number of Topliss-reactive ketones (excluding diaryl/α,β-unsaturated/α-hetero) is 1. The van der Waals surface area contributed by atoms with Crippen LogP contribution in [-0.4, -0.2) is 35.9 Å². The van der Waals surface area contributed by atoms with Crippen molar-refractivity contribution >= 4 is 52.7 Å². The zero-order valence-electron chi connectivity index (χ0n) is 23.8. The molecule has 0 unspecified atom stereocenters. The topological polar surface area (TPSA) is 114 Å². The van der Waals surface area contributed by atoms with Crippen LogP contribution in [0.4, 0.5) is 11.4 Å². The maximum atomic E-state index is 13.3.